The number of hydrogen-bond donors (Lipinski definition) is 1. The van der Waals surface area contributed by atoms with Gasteiger partial charge >= 0.3 is 0 Å². The number of aromatic nitrogens is 1. The van der Waals surface area contributed by atoms with Crippen molar-refractivity contribution in [2.75, 3.05) is 7.05 Å². The van der Waals surface area contributed by atoms with Crippen LogP contribution in [0.2, 0.25) is 0 Å². The van der Waals surface area contributed by atoms with Crippen molar-refractivity contribution in [1.82, 2.24) is 9.88 Å². The van der Waals surface area contributed by atoms with Gasteiger partial charge < -0.3 is 9.72 Å². The normalized spacial score (nSPS) is 14.3. The number of rotatable bonds is 4. The topological polar surface area (TPSA) is 62.4 Å². The molecule has 0 spiro atoms. The third-order valence-electron chi connectivity index (χ3n) is 4.33. The van der Waals surface area contributed by atoms with E-state index in [9.17, 15) is 9.59 Å². The minimum Gasteiger partial charge on any atom is -0.489 e. The smallest absolute Gasteiger partial charge is 0.261 e. The zero-order valence-electron chi connectivity index (χ0n) is 13.7. The van der Waals surface area contributed by atoms with Gasteiger partial charge in [0.15, 0.2) is 0 Å². The van der Waals surface area contributed by atoms with Gasteiger partial charge in [-0.05, 0) is 23.8 Å². The second-order valence-corrected chi connectivity index (χ2v) is 5.94. The standard InChI is InChI=1S/C20H16N2O3/c1-22-19(23)10-16(20(22)24)17-11-21-18-8-7-14(9-15(17)18)25-12-13-5-3-2-4-6-13/h2-11,21H,12H2,1H3. The number of nitrogens with one attached hydrogen (secondary N) is 1. The molecule has 5 nitrogen and oxygen atoms in total. The number of benzene rings is 2. The summed E-state index contributed by atoms with van der Waals surface area (Å²) in [5.41, 5.74) is 3.08. The van der Waals surface area contributed by atoms with Crippen LogP contribution in [0.15, 0.2) is 60.8 Å². The van der Waals surface area contributed by atoms with Crippen molar-refractivity contribution in [3.8, 4) is 5.75 Å². The number of amides is 2. The number of aromatic amines is 1. The SMILES string of the molecule is CN1C(=O)C=C(c2c[nH]c3ccc(OCc4ccccc4)cc23)C1=O. The summed E-state index contributed by atoms with van der Waals surface area (Å²) in [5, 5.41) is 0.855. The van der Waals surface area contributed by atoms with E-state index in [2.05, 4.69) is 4.98 Å². The van der Waals surface area contributed by atoms with Crippen LogP contribution in [0, 0.1) is 0 Å². The largest absolute Gasteiger partial charge is 0.489 e. The van der Waals surface area contributed by atoms with Crippen molar-refractivity contribution < 1.29 is 14.3 Å². The molecule has 1 aliphatic rings. The van der Waals surface area contributed by atoms with Crippen molar-refractivity contribution >= 4 is 28.3 Å². The van der Waals surface area contributed by atoms with E-state index in [0.29, 0.717) is 23.5 Å². The van der Waals surface area contributed by atoms with Crippen LogP contribution in [0.3, 0.4) is 0 Å². The lowest BCUT2D eigenvalue weighted by Crippen LogP contribution is -2.25. The van der Waals surface area contributed by atoms with Crippen molar-refractivity contribution in [1.29, 1.82) is 0 Å². The highest BCUT2D eigenvalue weighted by molar-refractivity contribution is 6.34. The first-order valence-corrected chi connectivity index (χ1v) is 7.95. The first kappa shape index (κ1) is 15.2. The summed E-state index contributed by atoms with van der Waals surface area (Å²) in [6, 6.07) is 15.6. The number of H-pyrrole nitrogens is 1. The molecule has 2 amide bonds. The van der Waals surface area contributed by atoms with Gasteiger partial charge in [0, 0.05) is 35.8 Å². The molecular formula is C20H16N2O3. The second kappa shape index (κ2) is 5.94. The number of carbonyl (C=O) groups is 2. The fourth-order valence-corrected chi connectivity index (χ4v) is 2.91. The number of nitrogens with zero attached hydrogens (tertiary/aromatic N) is 1. The van der Waals surface area contributed by atoms with Gasteiger partial charge in [-0.2, -0.15) is 0 Å². The summed E-state index contributed by atoms with van der Waals surface area (Å²) >= 11 is 0. The van der Waals surface area contributed by atoms with Gasteiger partial charge in [0.1, 0.15) is 12.4 Å². The molecule has 0 radical (unpaired) electrons. The Morgan fingerprint density at radius 1 is 1.08 bits per heavy atom. The summed E-state index contributed by atoms with van der Waals surface area (Å²) in [6.45, 7) is 0.467. The van der Waals surface area contributed by atoms with Crippen LogP contribution in [-0.2, 0) is 16.2 Å². The van der Waals surface area contributed by atoms with Crippen LogP contribution in [0.25, 0.3) is 16.5 Å². The number of fused-ring (bicyclic) bond motifs is 1. The van der Waals surface area contributed by atoms with Gasteiger partial charge in [-0.3, -0.25) is 14.5 Å². The van der Waals surface area contributed by atoms with Crippen LogP contribution in [0.1, 0.15) is 11.1 Å². The highest BCUT2D eigenvalue weighted by Gasteiger charge is 2.29. The second-order valence-electron chi connectivity index (χ2n) is 5.94. The van der Waals surface area contributed by atoms with E-state index < -0.39 is 0 Å². The Hall–Kier alpha value is -3.34. The lowest BCUT2D eigenvalue weighted by Gasteiger charge is -2.08. The molecule has 0 saturated carbocycles. The van der Waals surface area contributed by atoms with E-state index in [-0.39, 0.29) is 11.8 Å². The maximum atomic E-state index is 12.2. The summed E-state index contributed by atoms with van der Waals surface area (Å²) in [7, 11) is 1.48. The van der Waals surface area contributed by atoms with Crippen molar-refractivity contribution in [2.24, 2.45) is 0 Å². The molecule has 4 rings (SSSR count). The Morgan fingerprint density at radius 2 is 1.88 bits per heavy atom. The zero-order valence-corrected chi connectivity index (χ0v) is 13.7. The minimum absolute atomic E-state index is 0.290. The summed E-state index contributed by atoms with van der Waals surface area (Å²) < 4.78 is 5.86. The number of imide groups is 1. The van der Waals surface area contributed by atoms with Crippen molar-refractivity contribution in [2.45, 2.75) is 6.61 Å². The minimum atomic E-state index is -0.300. The summed E-state index contributed by atoms with van der Waals surface area (Å²) in [6.07, 6.45) is 3.13. The molecule has 1 N–H and O–H groups in total. The van der Waals surface area contributed by atoms with E-state index in [1.807, 2.05) is 48.5 Å². The van der Waals surface area contributed by atoms with Gasteiger partial charge in [-0.25, -0.2) is 0 Å². The predicted octanol–water partition coefficient (Wildman–Crippen LogP) is 3.13. The average molecular weight is 332 g/mol. The Morgan fingerprint density at radius 3 is 2.60 bits per heavy atom. The highest BCUT2D eigenvalue weighted by Crippen LogP contribution is 2.31. The third-order valence-corrected chi connectivity index (χ3v) is 4.33. The monoisotopic (exact) mass is 332 g/mol. The predicted molar refractivity (Wildman–Crippen MR) is 94.8 cm³/mol. The first-order valence-electron chi connectivity index (χ1n) is 7.95. The van der Waals surface area contributed by atoms with Crippen molar-refractivity contribution in [3.63, 3.8) is 0 Å². The van der Waals surface area contributed by atoms with Crippen LogP contribution in [0.4, 0.5) is 0 Å². The summed E-state index contributed by atoms with van der Waals surface area (Å²) in [4.78, 5) is 28.2. The number of carbonyl (C=O) groups excluding carboxylic acids is 2. The fourth-order valence-electron chi connectivity index (χ4n) is 2.91. The Labute approximate surface area is 144 Å². The highest BCUT2D eigenvalue weighted by atomic mass is 16.5. The Kier molecular flexibility index (Phi) is 3.61. The van der Waals surface area contributed by atoms with E-state index in [4.69, 9.17) is 4.74 Å². The third kappa shape index (κ3) is 2.70. The Balaban J connectivity index is 1.65. The molecule has 1 aromatic heterocycles. The van der Waals surface area contributed by atoms with Crippen LogP contribution < -0.4 is 4.74 Å². The molecule has 124 valence electrons. The maximum Gasteiger partial charge on any atom is 0.261 e. The fraction of sp³-hybridized carbons (Fsp3) is 0.100. The number of hydrogen-bond acceptors (Lipinski definition) is 3. The van der Waals surface area contributed by atoms with Crippen LogP contribution in [0.5, 0.6) is 5.75 Å². The molecule has 0 fully saturated rings. The molecule has 1 aliphatic heterocycles. The van der Waals surface area contributed by atoms with E-state index in [0.717, 1.165) is 21.4 Å². The molecule has 2 heterocycles. The van der Waals surface area contributed by atoms with E-state index in [1.165, 1.54) is 13.1 Å². The number of ether oxygens (including phenoxy) is 1. The van der Waals surface area contributed by atoms with Gasteiger partial charge in [-0.1, -0.05) is 30.3 Å². The lowest BCUT2D eigenvalue weighted by atomic mass is 10.1. The average Bonchev–Trinajstić information content (AvgIpc) is 3.16. The van der Waals surface area contributed by atoms with E-state index >= 15 is 0 Å². The summed E-state index contributed by atoms with van der Waals surface area (Å²) in [5.74, 6) is 0.121. The van der Waals surface area contributed by atoms with Gasteiger partial charge in [-0.15, -0.1) is 0 Å². The molecule has 5 heteroatoms. The lowest BCUT2D eigenvalue weighted by molar-refractivity contribution is -0.134. The van der Waals surface area contributed by atoms with Crippen molar-refractivity contribution in [3.05, 3.63) is 71.9 Å². The van der Waals surface area contributed by atoms with Crippen LogP contribution >= 0.6 is 0 Å². The Bertz CT molecular complexity index is 1000. The number of likely N-dealkylation sites (N-methyl/N-ethyl adjacent to an activating group) is 1. The molecule has 2 aromatic carbocycles. The van der Waals surface area contributed by atoms with Gasteiger partial charge in [0.2, 0.25) is 0 Å². The molecule has 0 aliphatic carbocycles. The quantitative estimate of drug-likeness (QED) is 0.747. The first-order chi connectivity index (χ1) is 12.1. The zero-order chi connectivity index (χ0) is 17.4. The molecule has 3 aromatic rings. The van der Waals surface area contributed by atoms with Gasteiger partial charge in [0.05, 0.1) is 5.57 Å². The van der Waals surface area contributed by atoms with Crippen LogP contribution in [-0.4, -0.2) is 28.7 Å². The maximum absolute atomic E-state index is 12.2. The molecule has 25 heavy (non-hydrogen) atoms. The molecule has 0 unspecified atom stereocenters. The van der Waals surface area contributed by atoms with Gasteiger partial charge in [0.25, 0.3) is 11.8 Å². The molecule has 0 atom stereocenters. The molecule has 0 bridgehead atoms. The van der Waals surface area contributed by atoms with E-state index in [1.54, 1.807) is 6.20 Å². The molecule has 0 saturated heterocycles. The molecular weight excluding hydrogens is 316 g/mol.